The van der Waals surface area contributed by atoms with Crippen LogP contribution in [0.2, 0.25) is 0 Å². The van der Waals surface area contributed by atoms with Crippen LogP contribution in [0.5, 0.6) is 5.75 Å². The molecule has 0 radical (unpaired) electrons. The summed E-state index contributed by atoms with van der Waals surface area (Å²) in [5.41, 5.74) is 1.18. The highest BCUT2D eigenvalue weighted by Gasteiger charge is 2.00. The second-order valence-corrected chi connectivity index (χ2v) is 4.35. The number of alkyl halides is 1. The van der Waals surface area contributed by atoms with Crippen LogP contribution in [0.25, 0.3) is 0 Å². The van der Waals surface area contributed by atoms with Crippen molar-refractivity contribution >= 4 is 31.9 Å². The van der Waals surface area contributed by atoms with Gasteiger partial charge in [0.05, 0.1) is 6.61 Å². The predicted molar refractivity (Wildman–Crippen MR) is 68.8 cm³/mol. The standard InChI is InChI=1S/C11H14Br2O2/c1-2-14-5-6-15-10-3-4-11(13)9(7-10)8-12/h3-4,7H,2,5-6,8H2,1H3. The molecular weight excluding hydrogens is 324 g/mol. The fourth-order valence-corrected chi connectivity index (χ4v) is 2.33. The van der Waals surface area contributed by atoms with Crippen LogP contribution in [0.3, 0.4) is 0 Å². The molecule has 0 amide bonds. The molecule has 1 aromatic carbocycles. The summed E-state index contributed by atoms with van der Waals surface area (Å²) in [7, 11) is 0. The highest BCUT2D eigenvalue weighted by Crippen LogP contribution is 2.24. The molecule has 0 aliphatic carbocycles. The zero-order valence-electron chi connectivity index (χ0n) is 8.63. The van der Waals surface area contributed by atoms with Gasteiger partial charge in [0.1, 0.15) is 12.4 Å². The Balaban J connectivity index is 2.47. The third kappa shape index (κ3) is 4.53. The summed E-state index contributed by atoms with van der Waals surface area (Å²) in [5, 5.41) is 0.816. The van der Waals surface area contributed by atoms with E-state index in [4.69, 9.17) is 9.47 Å². The zero-order valence-corrected chi connectivity index (χ0v) is 11.8. The number of rotatable bonds is 6. The Labute approximate surface area is 107 Å². The average molecular weight is 338 g/mol. The monoisotopic (exact) mass is 336 g/mol. The molecule has 0 spiro atoms. The van der Waals surface area contributed by atoms with Crippen molar-refractivity contribution in [3.8, 4) is 5.75 Å². The van der Waals surface area contributed by atoms with Crippen LogP contribution in [0, 0.1) is 0 Å². The van der Waals surface area contributed by atoms with E-state index in [1.165, 1.54) is 5.56 Å². The molecule has 1 rings (SSSR count). The summed E-state index contributed by atoms with van der Waals surface area (Å²) in [6.45, 7) is 3.94. The summed E-state index contributed by atoms with van der Waals surface area (Å²) in [5.74, 6) is 0.882. The molecule has 84 valence electrons. The van der Waals surface area contributed by atoms with Gasteiger partial charge in [0.15, 0.2) is 0 Å². The van der Waals surface area contributed by atoms with Crippen molar-refractivity contribution in [1.82, 2.24) is 0 Å². The van der Waals surface area contributed by atoms with Crippen molar-refractivity contribution in [2.24, 2.45) is 0 Å². The fourth-order valence-electron chi connectivity index (χ4n) is 1.11. The zero-order chi connectivity index (χ0) is 11.1. The number of hydrogen-bond donors (Lipinski definition) is 0. The van der Waals surface area contributed by atoms with Gasteiger partial charge in [-0.05, 0) is 30.7 Å². The van der Waals surface area contributed by atoms with Gasteiger partial charge >= 0.3 is 0 Å². The highest BCUT2D eigenvalue weighted by molar-refractivity contribution is 9.10. The van der Waals surface area contributed by atoms with Crippen molar-refractivity contribution < 1.29 is 9.47 Å². The second kappa shape index (κ2) is 7.25. The van der Waals surface area contributed by atoms with Gasteiger partial charge in [0.2, 0.25) is 0 Å². The minimum atomic E-state index is 0.594. The summed E-state index contributed by atoms with van der Waals surface area (Å²) < 4.78 is 11.8. The normalized spacial score (nSPS) is 10.3. The molecule has 0 unspecified atom stereocenters. The van der Waals surface area contributed by atoms with Crippen molar-refractivity contribution in [3.05, 3.63) is 28.2 Å². The number of halogens is 2. The van der Waals surface area contributed by atoms with Crippen molar-refractivity contribution in [2.45, 2.75) is 12.3 Å². The lowest BCUT2D eigenvalue weighted by Gasteiger charge is -2.08. The Hall–Kier alpha value is -0.0600. The van der Waals surface area contributed by atoms with E-state index < -0.39 is 0 Å². The molecule has 0 aliphatic heterocycles. The second-order valence-electron chi connectivity index (χ2n) is 2.93. The molecule has 0 saturated heterocycles. The van der Waals surface area contributed by atoms with E-state index in [0.717, 1.165) is 22.2 Å². The Morgan fingerprint density at radius 1 is 1.27 bits per heavy atom. The summed E-state index contributed by atoms with van der Waals surface area (Å²) >= 11 is 6.90. The largest absolute Gasteiger partial charge is 0.491 e. The van der Waals surface area contributed by atoms with Crippen LogP contribution in [-0.4, -0.2) is 19.8 Å². The lowest BCUT2D eigenvalue weighted by Crippen LogP contribution is -2.06. The molecule has 0 aromatic heterocycles. The van der Waals surface area contributed by atoms with Gasteiger partial charge in [-0.2, -0.15) is 0 Å². The lowest BCUT2D eigenvalue weighted by molar-refractivity contribution is 0.110. The maximum absolute atomic E-state index is 5.54. The molecule has 0 bridgehead atoms. The van der Waals surface area contributed by atoms with Crippen molar-refractivity contribution in [1.29, 1.82) is 0 Å². The Morgan fingerprint density at radius 3 is 2.73 bits per heavy atom. The van der Waals surface area contributed by atoms with E-state index in [0.29, 0.717) is 13.2 Å². The topological polar surface area (TPSA) is 18.5 Å². The van der Waals surface area contributed by atoms with Crippen molar-refractivity contribution in [3.63, 3.8) is 0 Å². The first kappa shape index (κ1) is 13.0. The van der Waals surface area contributed by atoms with Crippen LogP contribution < -0.4 is 4.74 Å². The van der Waals surface area contributed by atoms with E-state index in [2.05, 4.69) is 31.9 Å². The maximum atomic E-state index is 5.54. The molecule has 1 aromatic rings. The molecular formula is C11H14Br2O2. The summed E-state index contributed by atoms with van der Waals surface area (Å²) in [4.78, 5) is 0. The molecule has 4 heteroatoms. The third-order valence-electron chi connectivity index (χ3n) is 1.86. The lowest BCUT2D eigenvalue weighted by atomic mass is 10.2. The summed E-state index contributed by atoms with van der Waals surface area (Å²) in [6, 6.07) is 5.96. The van der Waals surface area contributed by atoms with Crippen LogP contribution in [0.1, 0.15) is 12.5 Å². The highest BCUT2D eigenvalue weighted by atomic mass is 79.9. The van der Waals surface area contributed by atoms with Gasteiger partial charge in [0.25, 0.3) is 0 Å². The van der Waals surface area contributed by atoms with Gasteiger partial charge in [-0.1, -0.05) is 31.9 Å². The van der Waals surface area contributed by atoms with Gasteiger partial charge in [-0.15, -0.1) is 0 Å². The Kier molecular flexibility index (Phi) is 6.29. The van der Waals surface area contributed by atoms with E-state index in [1.54, 1.807) is 0 Å². The molecule has 0 atom stereocenters. The average Bonchev–Trinajstić information content (AvgIpc) is 2.26. The Morgan fingerprint density at radius 2 is 2.07 bits per heavy atom. The molecule has 0 N–H and O–H groups in total. The quantitative estimate of drug-likeness (QED) is 0.581. The number of benzene rings is 1. The third-order valence-corrected chi connectivity index (χ3v) is 3.24. The van der Waals surface area contributed by atoms with Gasteiger partial charge in [-0.3, -0.25) is 0 Å². The van der Waals surface area contributed by atoms with Crippen LogP contribution >= 0.6 is 31.9 Å². The van der Waals surface area contributed by atoms with E-state index >= 15 is 0 Å². The maximum Gasteiger partial charge on any atom is 0.119 e. The minimum absolute atomic E-state index is 0.594. The van der Waals surface area contributed by atoms with E-state index in [-0.39, 0.29) is 0 Å². The summed E-state index contributed by atoms with van der Waals surface area (Å²) in [6.07, 6.45) is 0. The molecule has 15 heavy (non-hydrogen) atoms. The number of hydrogen-bond acceptors (Lipinski definition) is 2. The first-order valence-corrected chi connectivity index (χ1v) is 6.74. The van der Waals surface area contributed by atoms with Crippen molar-refractivity contribution in [2.75, 3.05) is 19.8 Å². The van der Waals surface area contributed by atoms with Crippen LogP contribution in [0.15, 0.2) is 22.7 Å². The molecule has 0 aliphatic rings. The molecule has 0 heterocycles. The smallest absolute Gasteiger partial charge is 0.119 e. The fraction of sp³-hybridized carbons (Fsp3) is 0.455. The Bertz CT molecular complexity index is 303. The van der Waals surface area contributed by atoms with Gasteiger partial charge < -0.3 is 9.47 Å². The minimum Gasteiger partial charge on any atom is -0.491 e. The SMILES string of the molecule is CCOCCOc1ccc(Br)c(CBr)c1. The van der Waals surface area contributed by atoms with Gasteiger partial charge in [0, 0.05) is 16.4 Å². The number of ether oxygens (including phenoxy) is 2. The van der Waals surface area contributed by atoms with E-state index in [9.17, 15) is 0 Å². The van der Waals surface area contributed by atoms with Gasteiger partial charge in [-0.25, -0.2) is 0 Å². The van der Waals surface area contributed by atoms with E-state index in [1.807, 2.05) is 25.1 Å². The molecule has 0 saturated carbocycles. The first-order valence-electron chi connectivity index (χ1n) is 4.83. The van der Waals surface area contributed by atoms with Crippen LogP contribution in [-0.2, 0) is 10.1 Å². The molecule has 0 fully saturated rings. The first-order chi connectivity index (χ1) is 7.27. The van der Waals surface area contributed by atoms with Crippen LogP contribution in [0.4, 0.5) is 0 Å². The molecule has 2 nitrogen and oxygen atoms in total. The predicted octanol–water partition coefficient (Wildman–Crippen LogP) is 3.76.